The second-order valence-corrected chi connectivity index (χ2v) is 5.49. The molecule has 2 N–H and O–H groups in total. The molecule has 0 fully saturated rings. The van der Waals surface area contributed by atoms with Gasteiger partial charge in [-0.05, 0) is 36.0 Å². The fourth-order valence-corrected chi connectivity index (χ4v) is 3.00. The Balaban J connectivity index is 1.77. The van der Waals surface area contributed by atoms with Crippen LogP contribution in [0.15, 0.2) is 42.5 Å². The van der Waals surface area contributed by atoms with E-state index in [0.29, 0.717) is 11.5 Å². The molecule has 2 unspecified atom stereocenters. The van der Waals surface area contributed by atoms with Gasteiger partial charge in [-0.1, -0.05) is 48.0 Å². The van der Waals surface area contributed by atoms with Crippen LogP contribution in [0.25, 0.3) is 0 Å². The van der Waals surface area contributed by atoms with Crippen LogP contribution in [0, 0.1) is 5.82 Å². The first-order valence-electron chi connectivity index (χ1n) is 6.44. The van der Waals surface area contributed by atoms with E-state index >= 15 is 0 Å². The molecule has 3 rings (SSSR count). The van der Waals surface area contributed by atoms with Crippen LogP contribution in [0.2, 0.25) is 5.02 Å². The van der Waals surface area contributed by atoms with Crippen molar-refractivity contribution in [2.45, 2.75) is 24.8 Å². The highest BCUT2D eigenvalue weighted by Gasteiger charge is 2.28. The lowest BCUT2D eigenvalue weighted by Crippen LogP contribution is -2.23. The number of hydrogen-bond acceptors (Lipinski definition) is 1. The minimum Gasteiger partial charge on any atom is -0.324 e. The Kier molecular flexibility index (Phi) is 3.29. The summed E-state index contributed by atoms with van der Waals surface area (Å²) in [5.74, 6) is 0.0499. The summed E-state index contributed by atoms with van der Waals surface area (Å²) >= 11 is 5.79. The number of fused-ring (bicyclic) bond motifs is 1. The zero-order valence-electron chi connectivity index (χ0n) is 10.4. The van der Waals surface area contributed by atoms with Gasteiger partial charge in [0.05, 0.1) is 5.02 Å². The van der Waals surface area contributed by atoms with Gasteiger partial charge >= 0.3 is 0 Å². The second kappa shape index (κ2) is 4.95. The van der Waals surface area contributed by atoms with Crippen molar-refractivity contribution < 1.29 is 4.39 Å². The van der Waals surface area contributed by atoms with Gasteiger partial charge in [-0.15, -0.1) is 0 Å². The summed E-state index contributed by atoms with van der Waals surface area (Å²) in [6.07, 6.45) is 1.79. The van der Waals surface area contributed by atoms with E-state index in [0.717, 1.165) is 12.8 Å². The Morgan fingerprint density at radius 1 is 1.21 bits per heavy atom. The molecule has 1 nitrogen and oxygen atoms in total. The number of rotatable bonds is 3. The predicted molar refractivity (Wildman–Crippen MR) is 75.8 cm³/mol. The number of nitrogens with two attached hydrogens (primary N) is 1. The molecule has 19 heavy (non-hydrogen) atoms. The molecule has 98 valence electrons. The molecule has 1 aliphatic rings. The summed E-state index contributed by atoms with van der Waals surface area (Å²) in [4.78, 5) is 0. The van der Waals surface area contributed by atoms with E-state index in [-0.39, 0.29) is 16.9 Å². The average Bonchev–Trinajstić information content (AvgIpc) is 2.39. The molecule has 0 radical (unpaired) electrons. The maximum Gasteiger partial charge on any atom is 0.146 e. The molecule has 0 aliphatic heterocycles. The van der Waals surface area contributed by atoms with Crippen molar-refractivity contribution in [3.63, 3.8) is 0 Å². The van der Waals surface area contributed by atoms with Crippen molar-refractivity contribution in [3.05, 3.63) is 70.0 Å². The average molecular weight is 276 g/mol. The van der Waals surface area contributed by atoms with Gasteiger partial charge in [-0.3, -0.25) is 0 Å². The van der Waals surface area contributed by atoms with Crippen molar-refractivity contribution >= 4 is 11.6 Å². The third-order valence-electron chi connectivity index (χ3n) is 3.88. The Morgan fingerprint density at radius 2 is 2.00 bits per heavy atom. The first-order valence-corrected chi connectivity index (χ1v) is 6.82. The van der Waals surface area contributed by atoms with Crippen molar-refractivity contribution in [2.75, 3.05) is 0 Å². The molecule has 0 heterocycles. The van der Waals surface area contributed by atoms with E-state index in [9.17, 15) is 4.39 Å². The largest absolute Gasteiger partial charge is 0.324 e. The van der Waals surface area contributed by atoms with Gasteiger partial charge in [0.15, 0.2) is 0 Å². The van der Waals surface area contributed by atoms with Crippen LogP contribution in [-0.4, -0.2) is 0 Å². The molecule has 3 heteroatoms. The molecule has 2 aromatic rings. The van der Waals surface area contributed by atoms with Gasteiger partial charge in [-0.2, -0.15) is 0 Å². The molecular weight excluding hydrogens is 261 g/mol. The lowest BCUT2D eigenvalue weighted by molar-refractivity contribution is 0.481. The van der Waals surface area contributed by atoms with Gasteiger partial charge in [0.25, 0.3) is 0 Å². The number of benzene rings is 2. The van der Waals surface area contributed by atoms with Gasteiger partial charge in [0.1, 0.15) is 5.82 Å². The third kappa shape index (κ3) is 2.26. The molecule has 0 saturated carbocycles. The Morgan fingerprint density at radius 3 is 2.79 bits per heavy atom. The molecule has 0 aromatic heterocycles. The highest BCUT2D eigenvalue weighted by molar-refractivity contribution is 6.30. The summed E-state index contributed by atoms with van der Waals surface area (Å²) in [6, 6.07) is 13.1. The van der Waals surface area contributed by atoms with E-state index in [1.54, 1.807) is 18.2 Å². The molecule has 1 aliphatic carbocycles. The zero-order valence-corrected chi connectivity index (χ0v) is 11.2. The quantitative estimate of drug-likeness (QED) is 0.892. The second-order valence-electron chi connectivity index (χ2n) is 5.09. The van der Waals surface area contributed by atoms with Crippen LogP contribution < -0.4 is 5.73 Å². The summed E-state index contributed by atoms with van der Waals surface area (Å²) in [7, 11) is 0. The fourth-order valence-electron chi connectivity index (χ4n) is 2.81. The third-order valence-corrected chi connectivity index (χ3v) is 4.17. The summed E-state index contributed by atoms with van der Waals surface area (Å²) in [5, 5.41) is 0.141. The molecule has 0 bridgehead atoms. The van der Waals surface area contributed by atoms with E-state index in [2.05, 4.69) is 12.1 Å². The van der Waals surface area contributed by atoms with E-state index in [1.165, 1.54) is 11.1 Å². The zero-order chi connectivity index (χ0) is 13.4. The standard InChI is InChI=1S/C16H15ClFN/c17-14-7-3-6-13(16(14)18)15(19)9-11-8-10-4-1-2-5-12(10)11/h1-7,11,15H,8-9,19H2. The molecule has 0 amide bonds. The van der Waals surface area contributed by atoms with Gasteiger partial charge in [-0.25, -0.2) is 4.39 Å². The lowest BCUT2D eigenvalue weighted by atomic mass is 9.74. The van der Waals surface area contributed by atoms with Crippen molar-refractivity contribution in [1.82, 2.24) is 0 Å². The Labute approximate surface area is 117 Å². The topological polar surface area (TPSA) is 26.0 Å². The molecular formula is C16H15ClFN. The smallest absolute Gasteiger partial charge is 0.146 e. The first kappa shape index (κ1) is 12.6. The highest BCUT2D eigenvalue weighted by atomic mass is 35.5. The predicted octanol–water partition coefficient (Wildman–Crippen LogP) is 4.21. The molecule has 2 atom stereocenters. The van der Waals surface area contributed by atoms with Crippen molar-refractivity contribution in [3.8, 4) is 0 Å². The Bertz CT molecular complexity index is 611. The van der Waals surface area contributed by atoms with E-state index in [4.69, 9.17) is 17.3 Å². The van der Waals surface area contributed by atoms with E-state index < -0.39 is 0 Å². The lowest BCUT2D eigenvalue weighted by Gasteiger charge is -2.32. The van der Waals surface area contributed by atoms with Crippen LogP contribution in [0.3, 0.4) is 0 Å². The van der Waals surface area contributed by atoms with Gasteiger partial charge < -0.3 is 5.73 Å². The van der Waals surface area contributed by atoms with Crippen LogP contribution in [0.1, 0.15) is 35.1 Å². The molecule has 2 aromatic carbocycles. The summed E-state index contributed by atoms with van der Waals surface area (Å²) in [6.45, 7) is 0. The minimum absolute atomic E-state index is 0.141. The van der Waals surface area contributed by atoms with Crippen LogP contribution in [0.5, 0.6) is 0 Å². The van der Waals surface area contributed by atoms with Crippen LogP contribution in [0.4, 0.5) is 4.39 Å². The first-order chi connectivity index (χ1) is 9.16. The maximum atomic E-state index is 13.9. The SMILES string of the molecule is NC(CC1Cc2ccccc21)c1cccc(Cl)c1F. The summed E-state index contributed by atoms with van der Waals surface area (Å²) in [5.41, 5.74) is 9.37. The number of halogens is 2. The maximum absolute atomic E-state index is 13.9. The van der Waals surface area contributed by atoms with Crippen molar-refractivity contribution in [1.29, 1.82) is 0 Å². The molecule has 0 spiro atoms. The van der Waals surface area contributed by atoms with Crippen LogP contribution in [-0.2, 0) is 6.42 Å². The molecule has 0 saturated heterocycles. The van der Waals surface area contributed by atoms with Crippen LogP contribution >= 0.6 is 11.6 Å². The van der Waals surface area contributed by atoms with E-state index in [1.807, 2.05) is 12.1 Å². The van der Waals surface area contributed by atoms with Gasteiger partial charge in [0, 0.05) is 11.6 Å². The van der Waals surface area contributed by atoms with Crippen molar-refractivity contribution in [2.24, 2.45) is 5.73 Å². The summed E-state index contributed by atoms with van der Waals surface area (Å²) < 4.78 is 13.9. The van der Waals surface area contributed by atoms with Gasteiger partial charge in [0.2, 0.25) is 0 Å². The number of hydrogen-bond donors (Lipinski definition) is 1. The normalized spacial score (nSPS) is 18.6. The fraction of sp³-hybridized carbons (Fsp3) is 0.250. The monoisotopic (exact) mass is 275 g/mol. The highest BCUT2D eigenvalue weighted by Crippen LogP contribution is 2.40. The minimum atomic E-state index is -0.385. The Hall–Kier alpha value is -1.38.